The van der Waals surface area contributed by atoms with Crippen molar-refractivity contribution in [3.63, 3.8) is 0 Å². The number of hydrogen-bond acceptors (Lipinski definition) is 3. The molecule has 1 aromatic heterocycles. The first-order chi connectivity index (χ1) is 5.06. The summed E-state index contributed by atoms with van der Waals surface area (Å²) >= 11 is 0. The Hall–Kier alpha value is -0.520. The first kappa shape index (κ1) is 8.58. The van der Waals surface area contributed by atoms with Crippen molar-refractivity contribution in [1.82, 2.24) is 9.55 Å². The zero-order chi connectivity index (χ0) is 8.48. The van der Waals surface area contributed by atoms with Crippen LogP contribution in [0.4, 0.5) is 0 Å². The largest absolute Gasteiger partial charge is 0.339 e. The number of imidazole rings is 1. The summed E-state index contributed by atoms with van der Waals surface area (Å²) in [5.74, 6) is 0.546. The van der Waals surface area contributed by atoms with Crippen LogP contribution < -0.4 is 5.14 Å². The highest BCUT2D eigenvalue weighted by atomic mass is 32.3. The first-order valence-electron chi connectivity index (χ1n) is 3.35. The Labute approximate surface area is 67.7 Å². The molecule has 1 rings (SSSR count). The predicted molar refractivity (Wildman–Crippen MR) is 46.4 cm³/mol. The fraction of sp³-hybridized carbons (Fsp3) is 0.500. The molecule has 1 atom stereocenters. The van der Waals surface area contributed by atoms with E-state index in [0.717, 1.165) is 0 Å². The number of aryl methyl sites for hydroxylation is 1. The standard InChI is InChI=1S/C6H13N3OS/c1-3-11(7,10)6-4-9(2)5-8-6/h4-5,10H,3,7H2,1-2H3. The highest BCUT2D eigenvalue weighted by molar-refractivity contribution is 8.27. The second-order valence-corrected chi connectivity index (χ2v) is 4.93. The van der Waals surface area contributed by atoms with Gasteiger partial charge in [0, 0.05) is 19.0 Å². The highest BCUT2D eigenvalue weighted by Gasteiger charge is 2.17. The van der Waals surface area contributed by atoms with Gasteiger partial charge in [0.1, 0.15) is 5.03 Å². The second kappa shape index (κ2) is 2.84. The number of hydrogen-bond donors (Lipinski definition) is 2. The van der Waals surface area contributed by atoms with Crippen molar-refractivity contribution >= 4 is 10.5 Å². The number of aromatic nitrogens is 2. The second-order valence-electron chi connectivity index (χ2n) is 2.42. The molecule has 0 spiro atoms. The average molecular weight is 175 g/mol. The van der Waals surface area contributed by atoms with Gasteiger partial charge in [0.05, 0.1) is 6.33 Å². The summed E-state index contributed by atoms with van der Waals surface area (Å²) in [5, 5.41) is 6.21. The summed E-state index contributed by atoms with van der Waals surface area (Å²) in [6.07, 6.45) is 3.38. The topological polar surface area (TPSA) is 64.1 Å². The number of rotatable bonds is 2. The maximum atomic E-state index is 9.59. The van der Waals surface area contributed by atoms with Gasteiger partial charge in [0.2, 0.25) is 0 Å². The Kier molecular flexibility index (Phi) is 2.22. The molecule has 0 aliphatic rings. The Balaban J connectivity index is 2.92. The molecule has 1 heterocycles. The Morgan fingerprint density at radius 1 is 1.82 bits per heavy atom. The molecule has 1 aromatic rings. The normalized spacial score (nSPS) is 19.3. The van der Waals surface area contributed by atoms with Gasteiger partial charge in [-0.15, -0.1) is 0 Å². The van der Waals surface area contributed by atoms with Crippen LogP contribution in [0.25, 0.3) is 0 Å². The van der Waals surface area contributed by atoms with E-state index >= 15 is 0 Å². The Morgan fingerprint density at radius 2 is 2.45 bits per heavy atom. The number of nitrogens with zero attached hydrogens (tertiary/aromatic N) is 2. The van der Waals surface area contributed by atoms with Crippen LogP contribution in [0.15, 0.2) is 17.6 Å². The predicted octanol–water partition coefficient (Wildman–Crippen LogP) is 0.950. The van der Waals surface area contributed by atoms with Crippen LogP contribution >= 0.6 is 10.5 Å². The molecule has 1 unspecified atom stereocenters. The van der Waals surface area contributed by atoms with Crippen LogP contribution in [0, 0.1) is 0 Å². The maximum absolute atomic E-state index is 9.59. The minimum Gasteiger partial charge on any atom is -0.339 e. The third-order valence-electron chi connectivity index (χ3n) is 1.48. The van der Waals surface area contributed by atoms with E-state index in [1.165, 1.54) is 0 Å². The van der Waals surface area contributed by atoms with Gasteiger partial charge in [-0.3, -0.25) is 5.14 Å². The first-order valence-corrected chi connectivity index (χ1v) is 5.17. The molecular weight excluding hydrogens is 162 g/mol. The van der Waals surface area contributed by atoms with E-state index in [-0.39, 0.29) is 0 Å². The lowest BCUT2D eigenvalue weighted by Gasteiger charge is -2.23. The van der Waals surface area contributed by atoms with Gasteiger partial charge in [0.15, 0.2) is 0 Å². The fourth-order valence-corrected chi connectivity index (χ4v) is 1.59. The van der Waals surface area contributed by atoms with Gasteiger partial charge in [-0.05, 0) is 10.5 Å². The molecule has 0 radical (unpaired) electrons. The van der Waals surface area contributed by atoms with Crippen LogP contribution in [0.5, 0.6) is 0 Å². The van der Waals surface area contributed by atoms with E-state index < -0.39 is 10.5 Å². The van der Waals surface area contributed by atoms with E-state index in [1.807, 2.05) is 14.0 Å². The maximum Gasteiger partial charge on any atom is 0.132 e. The summed E-state index contributed by atoms with van der Waals surface area (Å²) in [6.45, 7) is 1.85. The van der Waals surface area contributed by atoms with Crippen LogP contribution in [0.2, 0.25) is 0 Å². The van der Waals surface area contributed by atoms with Crippen LogP contribution in [0.1, 0.15) is 6.92 Å². The number of nitrogens with two attached hydrogens (primary N) is 1. The van der Waals surface area contributed by atoms with E-state index in [2.05, 4.69) is 4.98 Å². The molecule has 5 heteroatoms. The SMILES string of the molecule is CCS(N)(O)c1cn(C)cn1. The lowest BCUT2D eigenvalue weighted by atomic mass is 10.9. The van der Waals surface area contributed by atoms with Gasteiger partial charge in [-0.25, -0.2) is 4.98 Å². The summed E-state index contributed by atoms with van der Waals surface area (Å²) < 4.78 is 11.4. The van der Waals surface area contributed by atoms with Crippen molar-refractivity contribution in [3.8, 4) is 0 Å². The van der Waals surface area contributed by atoms with E-state index in [1.54, 1.807) is 17.1 Å². The van der Waals surface area contributed by atoms with Crippen LogP contribution in [0.3, 0.4) is 0 Å². The average Bonchev–Trinajstić information content (AvgIpc) is 2.36. The van der Waals surface area contributed by atoms with Crippen molar-refractivity contribution in [3.05, 3.63) is 12.5 Å². The summed E-state index contributed by atoms with van der Waals surface area (Å²) in [6, 6.07) is 0. The Bertz CT molecular complexity index is 246. The molecule has 0 saturated heterocycles. The molecule has 0 aliphatic carbocycles. The highest BCUT2D eigenvalue weighted by Crippen LogP contribution is 2.41. The third kappa shape index (κ3) is 1.74. The molecule has 64 valence electrons. The summed E-state index contributed by atoms with van der Waals surface area (Å²) in [5.41, 5.74) is 0. The molecule has 3 N–H and O–H groups in total. The van der Waals surface area contributed by atoms with Crippen molar-refractivity contribution in [2.45, 2.75) is 11.9 Å². The van der Waals surface area contributed by atoms with E-state index in [9.17, 15) is 4.55 Å². The van der Waals surface area contributed by atoms with Crippen molar-refractivity contribution in [2.75, 3.05) is 5.75 Å². The third-order valence-corrected chi connectivity index (χ3v) is 3.30. The molecule has 0 aliphatic heterocycles. The minimum atomic E-state index is -2.11. The zero-order valence-electron chi connectivity index (χ0n) is 6.69. The minimum absolute atomic E-state index is 0.546. The van der Waals surface area contributed by atoms with E-state index in [4.69, 9.17) is 5.14 Å². The molecule has 0 bridgehead atoms. The van der Waals surface area contributed by atoms with Crippen LogP contribution in [-0.2, 0) is 7.05 Å². The van der Waals surface area contributed by atoms with Crippen molar-refractivity contribution in [1.29, 1.82) is 0 Å². The molecule has 0 amide bonds. The monoisotopic (exact) mass is 175 g/mol. The lowest BCUT2D eigenvalue weighted by Crippen LogP contribution is -2.12. The smallest absolute Gasteiger partial charge is 0.132 e. The van der Waals surface area contributed by atoms with Crippen LogP contribution in [-0.4, -0.2) is 19.9 Å². The molecular formula is C6H13N3OS. The lowest BCUT2D eigenvalue weighted by molar-refractivity contribution is 0.623. The molecule has 0 saturated carbocycles. The molecule has 11 heavy (non-hydrogen) atoms. The Morgan fingerprint density at radius 3 is 2.82 bits per heavy atom. The zero-order valence-corrected chi connectivity index (χ0v) is 7.51. The fourth-order valence-electron chi connectivity index (χ4n) is 0.719. The van der Waals surface area contributed by atoms with Crippen molar-refractivity contribution in [2.24, 2.45) is 12.2 Å². The molecule has 4 nitrogen and oxygen atoms in total. The quantitative estimate of drug-likeness (QED) is 0.703. The molecule has 0 fully saturated rings. The van der Waals surface area contributed by atoms with Gasteiger partial charge < -0.3 is 9.12 Å². The van der Waals surface area contributed by atoms with E-state index in [0.29, 0.717) is 10.8 Å². The van der Waals surface area contributed by atoms with Crippen molar-refractivity contribution < 1.29 is 4.55 Å². The summed E-state index contributed by atoms with van der Waals surface area (Å²) in [4.78, 5) is 3.98. The summed E-state index contributed by atoms with van der Waals surface area (Å²) in [7, 11) is -0.260. The molecule has 0 aromatic carbocycles. The van der Waals surface area contributed by atoms with Gasteiger partial charge in [-0.1, -0.05) is 6.92 Å². The van der Waals surface area contributed by atoms with Gasteiger partial charge >= 0.3 is 0 Å². The van der Waals surface area contributed by atoms with Gasteiger partial charge in [-0.2, -0.15) is 0 Å². The van der Waals surface area contributed by atoms with Gasteiger partial charge in [0.25, 0.3) is 0 Å².